The molecule has 0 spiro atoms. The second-order valence-electron chi connectivity index (χ2n) is 4.80. The number of benzene rings is 2. The van der Waals surface area contributed by atoms with E-state index in [1.54, 1.807) is 24.3 Å². The van der Waals surface area contributed by atoms with Crippen molar-refractivity contribution in [1.29, 1.82) is 0 Å². The fourth-order valence-corrected chi connectivity index (χ4v) is 3.16. The van der Waals surface area contributed by atoms with E-state index in [0.717, 1.165) is 16.0 Å². The van der Waals surface area contributed by atoms with E-state index in [0.29, 0.717) is 5.52 Å². The number of carboxylic acids is 1. The van der Waals surface area contributed by atoms with Gasteiger partial charge >= 0.3 is 4.87 Å². The van der Waals surface area contributed by atoms with E-state index in [-0.39, 0.29) is 22.7 Å². The van der Waals surface area contributed by atoms with E-state index in [1.807, 2.05) is 6.07 Å². The third-order valence-electron chi connectivity index (χ3n) is 3.30. The molecule has 1 N–H and O–H groups in total. The average Bonchev–Trinajstić information content (AvgIpc) is 2.83. The molecule has 116 valence electrons. The Morgan fingerprint density at radius 1 is 1.09 bits per heavy atom. The maximum atomic E-state index is 12.2. The van der Waals surface area contributed by atoms with Gasteiger partial charge in [-0.1, -0.05) is 41.7 Å². The van der Waals surface area contributed by atoms with Gasteiger partial charge in [-0.2, -0.15) is 0 Å². The van der Waals surface area contributed by atoms with Crippen LogP contribution in [0.5, 0.6) is 0 Å². The predicted molar refractivity (Wildman–Crippen MR) is 85.5 cm³/mol. The quantitative estimate of drug-likeness (QED) is 0.776. The summed E-state index contributed by atoms with van der Waals surface area (Å²) in [7, 11) is 0. The number of fused-ring (bicyclic) bond motifs is 1. The number of carboxylic acid groups (broad SMARTS) is 1. The summed E-state index contributed by atoms with van der Waals surface area (Å²) in [4.78, 5) is 35.0. The second kappa shape index (κ2) is 6.05. The van der Waals surface area contributed by atoms with Crippen LogP contribution in [0, 0.1) is 0 Å². The van der Waals surface area contributed by atoms with Crippen molar-refractivity contribution >= 4 is 39.1 Å². The number of nitrogens with zero attached hydrogens (tertiary/aromatic N) is 1. The Kier molecular flexibility index (Phi) is 3.94. The lowest BCUT2D eigenvalue weighted by molar-refractivity contribution is -0.254. The smallest absolute Gasteiger partial charge is 0.308 e. The Balaban J connectivity index is 1.86. The molecule has 23 heavy (non-hydrogen) atoms. The number of aromatic carboxylic acids is 1. The molecule has 1 aromatic heterocycles. The largest absolute Gasteiger partial charge is 0.545 e. The van der Waals surface area contributed by atoms with Gasteiger partial charge in [-0.3, -0.25) is 14.2 Å². The van der Waals surface area contributed by atoms with Crippen LogP contribution in [0.1, 0.15) is 10.4 Å². The zero-order valence-electron chi connectivity index (χ0n) is 11.8. The van der Waals surface area contributed by atoms with E-state index in [1.165, 1.54) is 22.8 Å². The minimum absolute atomic E-state index is 0.108. The third-order valence-corrected chi connectivity index (χ3v) is 4.26. The highest BCUT2D eigenvalue weighted by atomic mass is 32.1. The number of anilines is 1. The van der Waals surface area contributed by atoms with Gasteiger partial charge in [0, 0.05) is 11.3 Å². The summed E-state index contributed by atoms with van der Waals surface area (Å²) in [6.45, 7) is -0.190. The minimum atomic E-state index is -1.38. The topological polar surface area (TPSA) is 91.2 Å². The summed E-state index contributed by atoms with van der Waals surface area (Å²) in [6, 6.07) is 13.1. The first-order valence-electron chi connectivity index (χ1n) is 6.75. The number of nitrogens with one attached hydrogen (secondary N) is 1. The van der Waals surface area contributed by atoms with Crippen LogP contribution in [0.3, 0.4) is 0 Å². The molecule has 7 heteroatoms. The van der Waals surface area contributed by atoms with E-state index >= 15 is 0 Å². The van der Waals surface area contributed by atoms with Crippen molar-refractivity contribution in [2.45, 2.75) is 6.54 Å². The summed E-state index contributed by atoms with van der Waals surface area (Å²) in [6.07, 6.45) is 0. The van der Waals surface area contributed by atoms with E-state index in [4.69, 9.17) is 0 Å². The number of carbonyl (C=O) groups excluding carboxylic acids is 2. The van der Waals surface area contributed by atoms with Crippen LogP contribution < -0.4 is 15.3 Å². The Morgan fingerprint density at radius 3 is 2.57 bits per heavy atom. The van der Waals surface area contributed by atoms with Gasteiger partial charge in [-0.05, 0) is 18.2 Å². The molecule has 0 bridgehead atoms. The number of hydrogen-bond acceptors (Lipinski definition) is 5. The molecule has 2 aromatic carbocycles. The molecule has 3 aromatic rings. The number of thiazole rings is 1. The first-order valence-corrected chi connectivity index (χ1v) is 7.56. The number of rotatable bonds is 4. The van der Waals surface area contributed by atoms with Crippen LogP contribution in [0.25, 0.3) is 10.2 Å². The molecule has 1 heterocycles. The molecule has 0 aliphatic heterocycles. The molecule has 0 saturated heterocycles. The van der Waals surface area contributed by atoms with Gasteiger partial charge < -0.3 is 15.2 Å². The fourth-order valence-electron chi connectivity index (χ4n) is 2.27. The van der Waals surface area contributed by atoms with Crippen LogP contribution >= 0.6 is 11.3 Å². The van der Waals surface area contributed by atoms with E-state index < -0.39 is 11.9 Å². The zero-order chi connectivity index (χ0) is 16.4. The molecule has 6 nitrogen and oxygen atoms in total. The molecule has 0 aliphatic rings. The highest BCUT2D eigenvalue weighted by molar-refractivity contribution is 7.16. The van der Waals surface area contributed by atoms with Crippen molar-refractivity contribution < 1.29 is 14.7 Å². The van der Waals surface area contributed by atoms with Crippen LogP contribution in [0.2, 0.25) is 0 Å². The van der Waals surface area contributed by atoms with Gasteiger partial charge in [0.15, 0.2) is 0 Å². The minimum Gasteiger partial charge on any atom is -0.545 e. The number of aromatic nitrogens is 1. The summed E-state index contributed by atoms with van der Waals surface area (Å²) < 4.78 is 2.15. The van der Waals surface area contributed by atoms with Crippen LogP contribution in [0.4, 0.5) is 5.69 Å². The van der Waals surface area contributed by atoms with Crippen LogP contribution in [0.15, 0.2) is 53.3 Å². The Labute approximate surface area is 134 Å². The molecular weight excluding hydrogens is 316 g/mol. The molecule has 0 unspecified atom stereocenters. The molecule has 0 aliphatic carbocycles. The normalized spacial score (nSPS) is 10.6. The number of hydrogen-bond donors (Lipinski definition) is 1. The van der Waals surface area contributed by atoms with Crippen molar-refractivity contribution in [2.24, 2.45) is 0 Å². The van der Waals surface area contributed by atoms with Crippen molar-refractivity contribution in [3.63, 3.8) is 0 Å². The first kappa shape index (κ1) is 15.0. The molecule has 1 amide bonds. The lowest BCUT2D eigenvalue weighted by atomic mass is 10.2. The zero-order valence-corrected chi connectivity index (χ0v) is 12.6. The molecule has 3 rings (SSSR count). The maximum Gasteiger partial charge on any atom is 0.308 e. The van der Waals surface area contributed by atoms with E-state index in [9.17, 15) is 19.5 Å². The van der Waals surface area contributed by atoms with Gasteiger partial charge in [-0.15, -0.1) is 0 Å². The molecular formula is C16H11N2O4S-. The number of amides is 1. The summed E-state index contributed by atoms with van der Waals surface area (Å²) in [5.74, 6) is -1.86. The van der Waals surface area contributed by atoms with Crippen molar-refractivity contribution in [3.8, 4) is 0 Å². The average molecular weight is 327 g/mol. The van der Waals surface area contributed by atoms with Crippen molar-refractivity contribution in [3.05, 3.63) is 63.8 Å². The number of para-hydroxylation sites is 2. The SMILES string of the molecule is O=C(Cn1c(=O)sc2ccccc21)Nc1ccccc1C(=O)[O-]. The lowest BCUT2D eigenvalue weighted by Crippen LogP contribution is -2.27. The van der Waals surface area contributed by atoms with Crippen molar-refractivity contribution in [1.82, 2.24) is 4.57 Å². The Bertz CT molecular complexity index is 958. The van der Waals surface area contributed by atoms with Gasteiger partial charge in [0.05, 0.1) is 16.2 Å². The first-order chi connectivity index (χ1) is 11.1. The number of carbonyl (C=O) groups is 2. The van der Waals surface area contributed by atoms with Crippen LogP contribution in [-0.2, 0) is 11.3 Å². The summed E-state index contributed by atoms with van der Waals surface area (Å²) in [5, 5.41) is 13.5. The van der Waals surface area contributed by atoms with E-state index in [2.05, 4.69) is 5.32 Å². The molecule has 0 fully saturated rings. The van der Waals surface area contributed by atoms with Gasteiger partial charge in [0.2, 0.25) is 5.91 Å². The van der Waals surface area contributed by atoms with Gasteiger partial charge in [0.1, 0.15) is 6.54 Å². The predicted octanol–water partition coefficient (Wildman–Crippen LogP) is 1.07. The highest BCUT2D eigenvalue weighted by Crippen LogP contribution is 2.17. The van der Waals surface area contributed by atoms with Gasteiger partial charge in [0.25, 0.3) is 0 Å². The molecule has 0 atom stereocenters. The second-order valence-corrected chi connectivity index (χ2v) is 5.80. The highest BCUT2D eigenvalue weighted by Gasteiger charge is 2.12. The summed E-state index contributed by atoms with van der Waals surface area (Å²) >= 11 is 1.06. The standard InChI is InChI=1S/C16H12N2O4S/c19-14(17-11-6-2-1-5-10(11)15(20)21)9-18-12-7-3-4-8-13(12)23-16(18)22/h1-8H,9H2,(H,17,19)(H,20,21)/p-1. The van der Waals surface area contributed by atoms with Crippen LogP contribution in [-0.4, -0.2) is 16.4 Å². The lowest BCUT2D eigenvalue weighted by Gasteiger charge is -2.11. The maximum absolute atomic E-state index is 12.2. The fraction of sp³-hybridized carbons (Fsp3) is 0.0625. The monoisotopic (exact) mass is 327 g/mol. The summed E-state index contributed by atoms with van der Waals surface area (Å²) in [5.41, 5.74) is 0.708. The Hall–Kier alpha value is -2.93. The molecule has 0 saturated carbocycles. The Morgan fingerprint density at radius 2 is 1.78 bits per heavy atom. The van der Waals surface area contributed by atoms with Crippen molar-refractivity contribution in [2.75, 3.05) is 5.32 Å². The van der Waals surface area contributed by atoms with Gasteiger partial charge in [-0.25, -0.2) is 0 Å². The third kappa shape index (κ3) is 3.00. The molecule has 0 radical (unpaired) electrons.